The van der Waals surface area contributed by atoms with E-state index in [0.29, 0.717) is 25.1 Å². The monoisotopic (exact) mass is 382 g/mol. The highest BCUT2D eigenvalue weighted by atomic mass is 35.5. The van der Waals surface area contributed by atoms with Crippen molar-refractivity contribution in [2.45, 2.75) is 13.8 Å². The molecule has 1 aromatic carbocycles. The van der Waals surface area contributed by atoms with E-state index in [-0.39, 0.29) is 5.91 Å². The molecule has 0 saturated carbocycles. The minimum Gasteiger partial charge on any atom is -0.298 e. The third kappa shape index (κ3) is 3.58. The van der Waals surface area contributed by atoms with Gasteiger partial charge >= 0.3 is 0 Å². The fraction of sp³-hybridized carbons (Fsp3) is 0.125. The third-order valence-corrected chi connectivity index (χ3v) is 5.67. The van der Waals surface area contributed by atoms with Gasteiger partial charge in [0.25, 0.3) is 5.91 Å². The van der Waals surface area contributed by atoms with E-state index in [2.05, 4.69) is 10.3 Å². The number of carbonyl (C=O) groups excluding carboxylic acids is 1. The van der Waals surface area contributed by atoms with Gasteiger partial charge in [0, 0.05) is 16.5 Å². The fourth-order valence-corrected chi connectivity index (χ4v) is 4.21. The Balaban J connectivity index is 1.80. The van der Waals surface area contributed by atoms with Gasteiger partial charge in [0.15, 0.2) is 5.13 Å². The Morgan fingerprint density at radius 2 is 1.96 bits per heavy atom. The molecule has 0 aliphatic heterocycles. The standard InChI is InChI=1S/C16H12Cl2N2OS2/c1-8-3-4-10(5-9(8)2)15(21)20-16-19-12(7-22-16)11-6-13(17)23-14(11)18/h3-7H,1-2H3,(H,19,20,21). The molecule has 0 spiro atoms. The smallest absolute Gasteiger partial charge is 0.257 e. The lowest BCUT2D eigenvalue weighted by molar-refractivity contribution is 0.102. The Morgan fingerprint density at radius 3 is 2.61 bits per heavy atom. The van der Waals surface area contributed by atoms with E-state index in [1.54, 1.807) is 6.07 Å². The zero-order chi connectivity index (χ0) is 16.6. The van der Waals surface area contributed by atoms with Crippen molar-refractivity contribution in [3.8, 4) is 11.3 Å². The number of carbonyl (C=O) groups is 1. The molecule has 1 N–H and O–H groups in total. The molecule has 1 amide bonds. The summed E-state index contributed by atoms with van der Waals surface area (Å²) in [5.41, 5.74) is 4.34. The minimum absolute atomic E-state index is 0.177. The maximum Gasteiger partial charge on any atom is 0.257 e. The number of halogens is 2. The molecule has 0 radical (unpaired) electrons. The van der Waals surface area contributed by atoms with Crippen molar-refractivity contribution < 1.29 is 4.79 Å². The summed E-state index contributed by atoms with van der Waals surface area (Å²) in [5, 5.41) is 5.19. The van der Waals surface area contributed by atoms with Crippen LogP contribution in [0.1, 0.15) is 21.5 Å². The predicted molar refractivity (Wildman–Crippen MR) is 99.3 cm³/mol. The highest BCUT2D eigenvalue weighted by Crippen LogP contribution is 2.39. The van der Waals surface area contributed by atoms with Crippen molar-refractivity contribution in [1.82, 2.24) is 4.98 Å². The molecule has 0 atom stereocenters. The number of anilines is 1. The van der Waals surface area contributed by atoms with Crippen LogP contribution in [-0.4, -0.2) is 10.9 Å². The molecule has 3 rings (SSSR count). The van der Waals surface area contributed by atoms with Crippen LogP contribution in [-0.2, 0) is 0 Å². The molecular formula is C16H12Cl2N2OS2. The Labute approximate surface area is 151 Å². The molecule has 7 heteroatoms. The minimum atomic E-state index is -0.177. The number of aryl methyl sites for hydroxylation is 2. The second-order valence-electron chi connectivity index (χ2n) is 5.03. The SMILES string of the molecule is Cc1ccc(C(=O)Nc2nc(-c3cc(Cl)sc3Cl)cs2)cc1C. The highest BCUT2D eigenvalue weighted by Gasteiger charge is 2.14. The molecule has 3 nitrogen and oxygen atoms in total. The maximum absolute atomic E-state index is 12.3. The first kappa shape index (κ1) is 16.5. The Kier molecular flexibility index (Phi) is 4.73. The summed E-state index contributed by atoms with van der Waals surface area (Å²) in [5.74, 6) is -0.177. The van der Waals surface area contributed by atoms with E-state index in [1.165, 1.54) is 22.7 Å². The van der Waals surface area contributed by atoms with Crippen molar-refractivity contribution >= 4 is 56.9 Å². The normalized spacial score (nSPS) is 10.8. The zero-order valence-corrected chi connectivity index (χ0v) is 15.5. The van der Waals surface area contributed by atoms with Crippen LogP contribution in [0.2, 0.25) is 8.67 Å². The molecule has 0 unspecified atom stereocenters. The van der Waals surface area contributed by atoms with Crippen LogP contribution in [0.5, 0.6) is 0 Å². The first-order valence-corrected chi connectivity index (χ1v) is 9.18. The van der Waals surface area contributed by atoms with E-state index in [9.17, 15) is 4.79 Å². The van der Waals surface area contributed by atoms with Crippen molar-refractivity contribution in [2.75, 3.05) is 5.32 Å². The van der Waals surface area contributed by atoms with Crippen LogP contribution in [0, 0.1) is 13.8 Å². The average molecular weight is 383 g/mol. The van der Waals surface area contributed by atoms with Gasteiger partial charge in [-0.1, -0.05) is 29.3 Å². The maximum atomic E-state index is 12.3. The molecule has 3 aromatic rings. The second-order valence-corrected chi connectivity index (χ2v) is 8.17. The Bertz CT molecular complexity index is 886. The molecule has 0 bridgehead atoms. The summed E-state index contributed by atoms with van der Waals surface area (Å²) in [6.07, 6.45) is 0. The van der Waals surface area contributed by atoms with Crippen LogP contribution >= 0.6 is 45.9 Å². The summed E-state index contributed by atoms with van der Waals surface area (Å²) < 4.78 is 1.20. The summed E-state index contributed by atoms with van der Waals surface area (Å²) in [6, 6.07) is 7.39. The van der Waals surface area contributed by atoms with Gasteiger partial charge < -0.3 is 0 Å². The van der Waals surface area contributed by atoms with E-state index in [4.69, 9.17) is 23.2 Å². The molecular weight excluding hydrogens is 371 g/mol. The first-order valence-electron chi connectivity index (χ1n) is 6.73. The topological polar surface area (TPSA) is 42.0 Å². The lowest BCUT2D eigenvalue weighted by Crippen LogP contribution is -2.12. The van der Waals surface area contributed by atoms with Crippen LogP contribution in [0.3, 0.4) is 0 Å². The summed E-state index contributed by atoms with van der Waals surface area (Å²) in [6.45, 7) is 4.00. The molecule has 0 fully saturated rings. The quantitative estimate of drug-likeness (QED) is 0.598. The number of amides is 1. The molecule has 0 saturated heterocycles. The van der Waals surface area contributed by atoms with Crippen LogP contribution in [0.25, 0.3) is 11.3 Å². The molecule has 2 aromatic heterocycles. The number of hydrogen-bond acceptors (Lipinski definition) is 4. The number of aromatic nitrogens is 1. The number of rotatable bonds is 3. The van der Waals surface area contributed by atoms with Gasteiger partial charge in [0.05, 0.1) is 10.0 Å². The summed E-state index contributed by atoms with van der Waals surface area (Å²) in [7, 11) is 0. The molecule has 23 heavy (non-hydrogen) atoms. The average Bonchev–Trinajstić information content (AvgIpc) is 3.08. The van der Waals surface area contributed by atoms with Gasteiger partial charge in [-0.3, -0.25) is 10.1 Å². The van der Waals surface area contributed by atoms with E-state index in [1.807, 2.05) is 37.4 Å². The Morgan fingerprint density at radius 1 is 1.17 bits per heavy atom. The van der Waals surface area contributed by atoms with E-state index in [0.717, 1.165) is 16.7 Å². The number of hydrogen-bond donors (Lipinski definition) is 1. The van der Waals surface area contributed by atoms with Gasteiger partial charge in [-0.05, 0) is 43.2 Å². The third-order valence-electron chi connectivity index (χ3n) is 3.43. The van der Waals surface area contributed by atoms with Gasteiger partial charge in [-0.25, -0.2) is 4.98 Å². The lowest BCUT2D eigenvalue weighted by atomic mass is 10.1. The highest BCUT2D eigenvalue weighted by molar-refractivity contribution is 7.20. The fourth-order valence-electron chi connectivity index (χ4n) is 2.02. The zero-order valence-electron chi connectivity index (χ0n) is 12.3. The van der Waals surface area contributed by atoms with Crippen LogP contribution in [0.4, 0.5) is 5.13 Å². The lowest BCUT2D eigenvalue weighted by Gasteiger charge is -2.04. The second kappa shape index (κ2) is 6.61. The van der Waals surface area contributed by atoms with Crippen molar-refractivity contribution in [3.05, 3.63) is 55.0 Å². The summed E-state index contributed by atoms with van der Waals surface area (Å²) >= 11 is 14.7. The van der Waals surface area contributed by atoms with Crippen molar-refractivity contribution in [1.29, 1.82) is 0 Å². The molecule has 118 valence electrons. The van der Waals surface area contributed by atoms with Gasteiger partial charge in [0.1, 0.15) is 4.34 Å². The number of thiophene rings is 1. The van der Waals surface area contributed by atoms with E-state index < -0.39 is 0 Å². The first-order chi connectivity index (χ1) is 10.9. The molecule has 0 aliphatic carbocycles. The van der Waals surface area contributed by atoms with Crippen molar-refractivity contribution in [2.24, 2.45) is 0 Å². The molecule has 0 aliphatic rings. The van der Waals surface area contributed by atoms with Gasteiger partial charge in [-0.15, -0.1) is 22.7 Å². The Hall–Kier alpha value is -1.40. The number of thiazole rings is 1. The van der Waals surface area contributed by atoms with Crippen LogP contribution in [0.15, 0.2) is 29.6 Å². The molecule has 2 heterocycles. The predicted octanol–water partition coefficient (Wildman–Crippen LogP) is 6.05. The largest absolute Gasteiger partial charge is 0.298 e. The van der Waals surface area contributed by atoms with Crippen LogP contribution < -0.4 is 5.32 Å². The van der Waals surface area contributed by atoms with Crippen molar-refractivity contribution in [3.63, 3.8) is 0 Å². The number of benzene rings is 1. The summed E-state index contributed by atoms with van der Waals surface area (Å²) in [4.78, 5) is 16.7. The number of nitrogens with one attached hydrogen (secondary N) is 1. The van der Waals surface area contributed by atoms with E-state index >= 15 is 0 Å². The van der Waals surface area contributed by atoms with Gasteiger partial charge in [0.2, 0.25) is 0 Å². The number of nitrogens with zero attached hydrogens (tertiary/aromatic N) is 1. The van der Waals surface area contributed by atoms with Gasteiger partial charge in [-0.2, -0.15) is 0 Å².